The highest BCUT2D eigenvalue weighted by atomic mass is 16.5. The molecule has 1 aliphatic heterocycles. The number of fused-ring (bicyclic) bond motifs is 2. The molecule has 0 amide bonds. The summed E-state index contributed by atoms with van der Waals surface area (Å²) in [5.41, 5.74) is 3.37. The van der Waals surface area contributed by atoms with E-state index in [1.165, 1.54) is 5.56 Å². The first-order chi connectivity index (χ1) is 13.7. The summed E-state index contributed by atoms with van der Waals surface area (Å²) in [4.78, 5) is 13.2. The third-order valence-corrected chi connectivity index (χ3v) is 5.43. The molecule has 142 valence electrons. The number of esters is 1. The zero-order valence-electron chi connectivity index (χ0n) is 16.2. The predicted octanol–water partition coefficient (Wildman–Crippen LogP) is 6.12. The van der Waals surface area contributed by atoms with E-state index in [0.29, 0.717) is 12.2 Å². The Bertz CT molecular complexity index is 978. The Kier molecular flexibility index (Phi) is 5.16. The number of aryl methyl sites for hydroxylation is 1. The fourth-order valence-electron chi connectivity index (χ4n) is 4.08. The number of ether oxygens (including phenoxy) is 2. The minimum Gasteiger partial charge on any atom is -0.457 e. The quantitative estimate of drug-likeness (QED) is 0.400. The second kappa shape index (κ2) is 7.89. The summed E-state index contributed by atoms with van der Waals surface area (Å²) in [6, 6.07) is 23.4. The number of para-hydroxylation sites is 2. The largest absolute Gasteiger partial charge is 0.457 e. The Morgan fingerprint density at radius 1 is 0.929 bits per heavy atom. The van der Waals surface area contributed by atoms with Gasteiger partial charge < -0.3 is 9.47 Å². The first-order valence-corrected chi connectivity index (χ1v) is 9.88. The monoisotopic (exact) mass is 372 g/mol. The van der Waals surface area contributed by atoms with E-state index in [1.807, 2.05) is 67.6 Å². The van der Waals surface area contributed by atoms with E-state index in [0.717, 1.165) is 29.0 Å². The number of carbonyl (C=O) groups excluding carboxylic acids is 1. The minimum absolute atomic E-state index is 0.0858. The molecule has 3 aromatic rings. The van der Waals surface area contributed by atoms with Crippen molar-refractivity contribution in [2.24, 2.45) is 5.92 Å². The van der Waals surface area contributed by atoms with Gasteiger partial charge in [-0.3, -0.25) is 4.79 Å². The van der Waals surface area contributed by atoms with Crippen LogP contribution in [0.2, 0.25) is 0 Å². The molecule has 1 heterocycles. The van der Waals surface area contributed by atoms with Gasteiger partial charge in [-0.2, -0.15) is 0 Å². The molecule has 0 saturated heterocycles. The van der Waals surface area contributed by atoms with Crippen molar-refractivity contribution >= 4 is 5.97 Å². The van der Waals surface area contributed by atoms with E-state index in [1.54, 1.807) is 0 Å². The number of hydrogen-bond acceptors (Lipinski definition) is 3. The molecule has 2 unspecified atom stereocenters. The Balaban J connectivity index is 1.79. The van der Waals surface area contributed by atoms with Crippen molar-refractivity contribution in [3.8, 4) is 17.2 Å². The van der Waals surface area contributed by atoms with Crippen LogP contribution in [0.4, 0.5) is 0 Å². The molecule has 4 rings (SSSR count). The van der Waals surface area contributed by atoms with Gasteiger partial charge in [0.2, 0.25) is 0 Å². The lowest BCUT2D eigenvalue weighted by atomic mass is 9.75. The fourth-order valence-corrected chi connectivity index (χ4v) is 4.08. The average molecular weight is 372 g/mol. The Labute approximate surface area is 165 Å². The lowest BCUT2D eigenvalue weighted by Crippen LogP contribution is -2.29. The lowest BCUT2D eigenvalue weighted by molar-refractivity contribution is -0.139. The van der Waals surface area contributed by atoms with Gasteiger partial charge in [-0.25, -0.2) is 0 Å². The second-order valence-corrected chi connectivity index (χ2v) is 7.05. The van der Waals surface area contributed by atoms with Crippen molar-refractivity contribution in [1.82, 2.24) is 0 Å². The van der Waals surface area contributed by atoms with Crippen molar-refractivity contribution in [3.05, 3.63) is 89.5 Å². The Morgan fingerprint density at radius 3 is 2.39 bits per heavy atom. The summed E-state index contributed by atoms with van der Waals surface area (Å²) in [5.74, 6) is 1.66. The van der Waals surface area contributed by atoms with Gasteiger partial charge in [0.05, 0.1) is 5.92 Å². The van der Waals surface area contributed by atoms with Crippen molar-refractivity contribution < 1.29 is 14.3 Å². The molecule has 28 heavy (non-hydrogen) atoms. The van der Waals surface area contributed by atoms with Crippen LogP contribution in [-0.4, -0.2) is 5.97 Å². The normalized spacial score (nSPS) is 15.7. The standard InChI is InChI=1S/C25H24O3/c1-3-17-11-10-16-22-23(17)24(20-14-8-9-15-21(20)28-22)19(4-2)25(26)27-18-12-6-5-7-13-18/h5-16,19,24H,3-4H2,1-2H3. The molecule has 2 atom stereocenters. The van der Waals surface area contributed by atoms with Gasteiger partial charge in [0.1, 0.15) is 17.2 Å². The smallest absolute Gasteiger partial charge is 0.315 e. The zero-order chi connectivity index (χ0) is 19.5. The fraction of sp³-hybridized carbons (Fsp3) is 0.240. The van der Waals surface area contributed by atoms with Crippen LogP contribution in [0.15, 0.2) is 72.8 Å². The van der Waals surface area contributed by atoms with E-state index < -0.39 is 0 Å². The van der Waals surface area contributed by atoms with Crippen molar-refractivity contribution in [3.63, 3.8) is 0 Å². The number of benzene rings is 3. The molecule has 3 aromatic carbocycles. The third kappa shape index (κ3) is 3.29. The van der Waals surface area contributed by atoms with Crippen LogP contribution in [-0.2, 0) is 11.2 Å². The zero-order valence-corrected chi connectivity index (χ0v) is 16.2. The van der Waals surface area contributed by atoms with Crippen LogP contribution >= 0.6 is 0 Å². The second-order valence-electron chi connectivity index (χ2n) is 7.05. The topological polar surface area (TPSA) is 35.5 Å². The highest BCUT2D eigenvalue weighted by Gasteiger charge is 2.38. The Hall–Kier alpha value is -3.07. The predicted molar refractivity (Wildman–Crippen MR) is 110 cm³/mol. The number of carbonyl (C=O) groups is 1. The summed E-state index contributed by atoms with van der Waals surface area (Å²) in [7, 11) is 0. The van der Waals surface area contributed by atoms with Crippen LogP contribution in [0.5, 0.6) is 17.2 Å². The Morgan fingerprint density at radius 2 is 1.64 bits per heavy atom. The number of rotatable bonds is 5. The molecular formula is C25H24O3. The molecule has 0 radical (unpaired) electrons. The van der Waals surface area contributed by atoms with Crippen molar-refractivity contribution in [2.75, 3.05) is 0 Å². The number of hydrogen-bond donors (Lipinski definition) is 0. The molecule has 3 heteroatoms. The van der Waals surface area contributed by atoms with Crippen LogP contribution < -0.4 is 9.47 Å². The summed E-state index contributed by atoms with van der Waals surface area (Å²) in [6.07, 6.45) is 1.57. The first-order valence-electron chi connectivity index (χ1n) is 9.88. The molecule has 0 aromatic heterocycles. The van der Waals surface area contributed by atoms with Crippen molar-refractivity contribution in [1.29, 1.82) is 0 Å². The van der Waals surface area contributed by atoms with E-state index in [2.05, 4.69) is 19.1 Å². The van der Waals surface area contributed by atoms with Gasteiger partial charge >= 0.3 is 5.97 Å². The average Bonchev–Trinajstić information content (AvgIpc) is 2.74. The van der Waals surface area contributed by atoms with E-state index in [-0.39, 0.29) is 17.8 Å². The van der Waals surface area contributed by atoms with Crippen LogP contribution in [0.25, 0.3) is 0 Å². The van der Waals surface area contributed by atoms with Gasteiger partial charge in [-0.05, 0) is 42.7 Å². The highest BCUT2D eigenvalue weighted by Crippen LogP contribution is 2.49. The minimum atomic E-state index is -0.295. The molecule has 0 fully saturated rings. The van der Waals surface area contributed by atoms with Gasteiger partial charge in [0.25, 0.3) is 0 Å². The van der Waals surface area contributed by atoms with Gasteiger partial charge in [-0.1, -0.05) is 62.4 Å². The summed E-state index contributed by atoms with van der Waals surface area (Å²) < 4.78 is 11.9. The molecule has 0 N–H and O–H groups in total. The van der Waals surface area contributed by atoms with Crippen molar-refractivity contribution in [2.45, 2.75) is 32.6 Å². The van der Waals surface area contributed by atoms with Gasteiger partial charge in [0.15, 0.2) is 0 Å². The molecule has 0 bridgehead atoms. The molecule has 0 spiro atoms. The van der Waals surface area contributed by atoms with Crippen LogP contribution in [0.3, 0.4) is 0 Å². The maximum atomic E-state index is 13.2. The molecule has 1 aliphatic rings. The van der Waals surface area contributed by atoms with Crippen LogP contribution in [0.1, 0.15) is 42.9 Å². The van der Waals surface area contributed by atoms with Gasteiger partial charge in [0, 0.05) is 17.0 Å². The van der Waals surface area contributed by atoms with E-state index in [4.69, 9.17) is 9.47 Å². The molecule has 3 nitrogen and oxygen atoms in total. The van der Waals surface area contributed by atoms with E-state index in [9.17, 15) is 4.79 Å². The summed E-state index contributed by atoms with van der Waals surface area (Å²) in [5, 5.41) is 0. The van der Waals surface area contributed by atoms with Crippen LogP contribution in [0, 0.1) is 5.92 Å². The third-order valence-electron chi connectivity index (χ3n) is 5.43. The van der Waals surface area contributed by atoms with E-state index >= 15 is 0 Å². The molecular weight excluding hydrogens is 348 g/mol. The first kappa shape index (κ1) is 18.3. The highest BCUT2D eigenvalue weighted by molar-refractivity contribution is 5.78. The maximum Gasteiger partial charge on any atom is 0.315 e. The summed E-state index contributed by atoms with van der Waals surface area (Å²) >= 11 is 0. The maximum absolute atomic E-state index is 13.2. The molecule has 0 aliphatic carbocycles. The van der Waals surface area contributed by atoms with Gasteiger partial charge in [-0.15, -0.1) is 0 Å². The summed E-state index contributed by atoms with van der Waals surface area (Å²) in [6.45, 7) is 4.18. The lowest BCUT2D eigenvalue weighted by Gasteiger charge is -2.34. The SMILES string of the molecule is CCc1cccc2c1C(C(CC)C(=O)Oc1ccccc1)c1ccccc1O2. The molecule has 0 saturated carbocycles.